The monoisotopic (exact) mass is 343 g/mol. The molecule has 24 heavy (non-hydrogen) atoms. The number of para-hydroxylation sites is 1. The highest BCUT2D eigenvalue weighted by molar-refractivity contribution is 6.30. The number of hydrogen-bond acceptors (Lipinski definition) is 4. The van der Waals surface area contributed by atoms with Gasteiger partial charge in [0.15, 0.2) is 11.8 Å². The van der Waals surface area contributed by atoms with E-state index in [0.717, 1.165) is 0 Å². The summed E-state index contributed by atoms with van der Waals surface area (Å²) in [5.41, 5.74) is 0.930. The molecule has 0 bridgehead atoms. The van der Waals surface area contributed by atoms with E-state index in [9.17, 15) is 9.90 Å². The number of benzene rings is 2. The fraction of sp³-hybridized carbons (Fsp3) is 0.118. The molecule has 1 amide bonds. The van der Waals surface area contributed by atoms with Gasteiger partial charge in [0.25, 0.3) is 0 Å². The molecule has 0 aliphatic carbocycles. The van der Waals surface area contributed by atoms with Gasteiger partial charge in [-0.2, -0.15) is 0 Å². The van der Waals surface area contributed by atoms with E-state index < -0.39 is 12.0 Å². The zero-order valence-electron chi connectivity index (χ0n) is 12.7. The summed E-state index contributed by atoms with van der Waals surface area (Å²) in [7, 11) is 0. The van der Waals surface area contributed by atoms with Gasteiger partial charge in [0.1, 0.15) is 5.75 Å². The Morgan fingerprint density at radius 1 is 1.21 bits per heavy atom. The zero-order valence-corrected chi connectivity index (χ0v) is 13.5. The average molecular weight is 344 g/mol. The van der Waals surface area contributed by atoms with Crippen molar-refractivity contribution in [2.24, 2.45) is 10.2 Å². The number of aromatic amines is 1. The van der Waals surface area contributed by atoms with Gasteiger partial charge in [0.2, 0.25) is 5.88 Å². The maximum absolute atomic E-state index is 12.1. The molecule has 7 heteroatoms. The van der Waals surface area contributed by atoms with Gasteiger partial charge in [-0.3, -0.25) is 4.79 Å². The minimum absolute atomic E-state index is 0.140. The number of nitrogens with zero attached hydrogens (tertiary/aromatic N) is 2. The molecule has 1 atom stereocenters. The van der Waals surface area contributed by atoms with Crippen LogP contribution >= 0.6 is 11.6 Å². The summed E-state index contributed by atoms with van der Waals surface area (Å²) in [4.78, 5) is 14.8. The van der Waals surface area contributed by atoms with Crippen molar-refractivity contribution in [3.05, 3.63) is 53.6 Å². The van der Waals surface area contributed by atoms with Crippen molar-refractivity contribution in [3.63, 3.8) is 0 Å². The first-order valence-electron chi connectivity index (χ1n) is 7.22. The number of amides is 1. The largest absolute Gasteiger partial charge is 0.493 e. The van der Waals surface area contributed by atoms with Crippen molar-refractivity contribution in [1.82, 2.24) is 4.98 Å². The van der Waals surface area contributed by atoms with Gasteiger partial charge in [0.05, 0.1) is 5.52 Å². The standard InChI is InChI=1S/C17H14ClN3O3/c1-10(24-12-8-6-11(18)7-9-12)16(22)21-20-15-13-4-2-3-5-14(13)19-17(15)23/h2-10,19,23H,1H3/t10-/m0/s1. The zero-order chi connectivity index (χ0) is 17.1. The summed E-state index contributed by atoms with van der Waals surface area (Å²) < 4.78 is 5.49. The van der Waals surface area contributed by atoms with E-state index in [4.69, 9.17) is 16.3 Å². The summed E-state index contributed by atoms with van der Waals surface area (Å²) in [6.45, 7) is 1.57. The fourth-order valence-electron chi connectivity index (χ4n) is 2.16. The van der Waals surface area contributed by atoms with E-state index in [1.807, 2.05) is 12.1 Å². The van der Waals surface area contributed by atoms with Crippen molar-refractivity contribution in [3.8, 4) is 11.6 Å². The second kappa shape index (κ2) is 6.72. The highest BCUT2D eigenvalue weighted by Gasteiger charge is 2.16. The lowest BCUT2D eigenvalue weighted by Crippen LogP contribution is -2.21. The first-order valence-corrected chi connectivity index (χ1v) is 7.60. The lowest BCUT2D eigenvalue weighted by molar-refractivity contribution is -0.124. The Bertz CT molecular complexity index is 903. The average Bonchev–Trinajstić information content (AvgIpc) is 2.90. The topological polar surface area (TPSA) is 87.0 Å². The molecule has 0 radical (unpaired) electrons. The molecule has 0 aliphatic heterocycles. The van der Waals surface area contributed by atoms with Crippen molar-refractivity contribution in [2.45, 2.75) is 13.0 Å². The van der Waals surface area contributed by atoms with Gasteiger partial charge in [-0.15, -0.1) is 10.2 Å². The van der Waals surface area contributed by atoms with Crippen LogP contribution in [0, 0.1) is 0 Å². The summed E-state index contributed by atoms with van der Waals surface area (Å²) in [5.74, 6) is -0.195. The number of azo groups is 1. The molecule has 0 spiro atoms. The van der Waals surface area contributed by atoms with Crippen LogP contribution in [0.15, 0.2) is 58.8 Å². The van der Waals surface area contributed by atoms with E-state index in [-0.39, 0.29) is 11.6 Å². The van der Waals surface area contributed by atoms with E-state index in [0.29, 0.717) is 21.7 Å². The van der Waals surface area contributed by atoms with Crippen LogP contribution in [0.2, 0.25) is 5.02 Å². The smallest absolute Gasteiger partial charge is 0.304 e. The first kappa shape index (κ1) is 16.0. The minimum Gasteiger partial charge on any atom is -0.493 e. The van der Waals surface area contributed by atoms with Gasteiger partial charge in [-0.1, -0.05) is 29.8 Å². The molecule has 3 aromatic rings. The number of aromatic nitrogens is 1. The number of nitrogens with one attached hydrogen (secondary N) is 1. The molecule has 1 aromatic heterocycles. The predicted molar refractivity (Wildman–Crippen MR) is 91.0 cm³/mol. The highest BCUT2D eigenvalue weighted by Crippen LogP contribution is 2.35. The van der Waals surface area contributed by atoms with Crippen LogP contribution in [0.1, 0.15) is 6.92 Å². The number of carbonyl (C=O) groups is 1. The summed E-state index contributed by atoms with van der Waals surface area (Å²) in [6.07, 6.45) is -0.817. The molecule has 0 aliphatic rings. The number of rotatable bonds is 4. The summed E-state index contributed by atoms with van der Waals surface area (Å²) >= 11 is 5.80. The Morgan fingerprint density at radius 3 is 2.67 bits per heavy atom. The molecule has 0 saturated carbocycles. The van der Waals surface area contributed by atoms with Crippen molar-refractivity contribution >= 4 is 34.1 Å². The predicted octanol–water partition coefficient (Wildman–Crippen LogP) is 4.60. The summed E-state index contributed by atoms with van der Waals surface area (Å²) in [5, 5.41) is 18.7. The van der Waals surface area contributed by atoms with E-state index in [2.05, 4.69) is 15.2 Å². The SMILES string of the molecule is C[C@H](Oc1ccc(Cl)cc1)C(=O)N=Nc1c(O)[nH]c2ccccc12. The van der Waals surface area contributed by atoms with Gasteiger partial charge in [-0.25, -0.2) is 0 Å². The molecule has 0 saturated heterocycles. The van der Waals surface area contributed by atoms with Crippen molar-refractivity contribution in [1.29, 1.82) is 0 Å². The molecular formula is C17H14ClN3O3. The molecule has 2 N–H and O–H groups in total. The maximum Gasteiger partial charge on any atom is 0.304 e. The Morgan fingerprint density at radius 2 is 1.92 bits per heavy atom. The minimum atomic E-state index is -0.817. The third kappa shape index (κ3) is 3.38. The number of ether oxygens (including phenoxy) is 1. The summed E-state index contributed by atoms with van der Waals surface area (Å²) in [6, 6.07) is 13.9. The van der Waals surface area contributed by atoms with Crippen LogP contribution < -0.4 is 4.74 Å². The van der Waals surface area contributed by atoms with E-state index in [1.165, 1.54) is 0 Å². The Labute approximate surface area is 142 Å². The molecular weight excluding hydrogens is 330 g/mol. The van der Waals surface area contributed by atoms with Crippen molar-refractivity contribution < 1.29 is 14.6 Å². The Balaban J connectivity index is 1.74. The van der Waals surface area contributed by atoms with Crippen LogP contribution in [0.5, 0.6) is 11.6 Å². The number of H-pyrrole nitrogens is 1. The van der Waals surface area contributed by atoms with Crippen LogP contribution in [0.3, 0.4) is 0 Å². The Kier molecular flexibility index (Phi) is 4.48. The first-order chi connectivity index (χ1) is 11.5. The molecule has 1 heterocycles. The molecule has 0 fully saturated rings. The van der Waals surface area contributed by atoms with E-state index in [1.54, 1.807) is 43.3 Å². The van der Waals surface area contributed by atoms with Crippen LogP contribution in [-0.4, -0.2) is 22.1 Å². The third-order valence-corrected chi connectivity index (χ3v) is 3.63. The molecule has 122 valence electrons. The third-order valence-electron chi connectivity index (χ3n) is 3.38. The van der Waals surface area contributed by atoms with Gasteiger partial charge in [0, 0.05) is 10.4 Å². The normalized spacial score (nSPS) is 12.6. The highest BCUT2D eigenvalue weighted by atomic mass is 35.5. The van der Waals surface area contributed by atoms with Crippen molar-refractivity contribution in [2.75, 3.05) is 0 Å². The molecule has 3 rings (SSSR count). The van der Waals surface area contributed by atoms with Crippen LogP contribution in [0.4, 0.5) is 5.69 Å². The Hall–Kier alpha value is -2.86. The second-order valence-corrected chi connectivity index (χ2v) is 5.56. The number of carbonyl (C=O) groups excluding carboxylic acids is 1. The van der Waals surface area contributed by atoms with Gasteiger partial charge < -0.3 is 14.8 Å². The van der Waals surface area contributed by atoms with Crippen LogP contribution in [0.25, 0.3) is 10.9 Å². The lowest BCUT2D eigenvalue weighted by atomic mass is 10.2. The van der Waals surface area contributed by atoms with Gasteiger partial charge in [-0.05, 0) is 37.3 Å². The number of aromatic hydroxyl groups is 1. The number of fused-ring (bicyclic) bond motifs is 1. The van der Waals surface area contributed by atoms with Crippen LogP contribution in [-0.2, 0) is 4.79 Å². The number of hydrogen-bond donors (Lipinski definition) is 2. The fourth-order valence-corrected chi connectivity index (χ4v) is 2.29. The quantitative estimate of drug-likeness (QED) is 0.678. The lowest BCUT2D eigenvalue weighted by Gasteiger charge is -2.10. The second-order valence-electron chi connectivity index (χ2n) is 5.12. The molecule has 0 unspecified atom stereocenters. The number of halogens is 1. The van der Waals surface area contributed by atoms with Gasteiger partial charge >= 0.3 is 5.91 Å². The molecule has 2 aromatic carbocycles. The van der Waals surface area contributed by atoms with E-state index >= 15 is 0 Å². The molecule has 6 nitrogen and oxygen atoms in total. The maximum atomic E-state index is 12.1.